The molecule has 0 aliphatic heterocycles. The molecule has 0 heterocycles. The third-order valence-corrected chi connectivity index (χ3v) is 2.09. The fourth-order valence-corrected chi connectivity index (χ4v) is 1.33. The van der Waals surface area contributed by atoms with E-state index in [-0.39, 0.29) is 0 Å². The highest BCUT2D eigenvalue weighted by Crippen LogP contribution is 2.24. The van der Waals surface area contributed by atoms with Crippen LogP contribution < -0.4 is 11.5 Å². The summed E-state index contributed by atoms with van der Waals surface area (Å²) in [6, 6.07) is 3.77. The largest absolute Gasteiger partial charge is 0.398 e. The van der Waals surface area contributed by atoms with Gasteiger partial charge in [-0.25, -0.2) is 0 Å². The second kappa shape index (κ2) is 3.05. The zero-order valence-corrected chi connectivity index (χ0v) is 7.36. The van der Waals surface area contributed by atoms with Gasteiger partial charge >= 0.3 is 0 Å². The molecule has 0 atom stereocenters. The normalized spacial score (nSPS) is 10.0. The summed E-state index contributed by atoms with van der Waals surface area (Å²) < 4.78 is 0. The molecule has 0 fully saturated rings. The molecule has 0 spiro atoms. The summed E-state index contributed by atoms with van der Waals surface area (Å²) >= 11 is 4.14. The molecule has 2 nitrogen and oxygen atoms in total. The molecule has 0 saturated carbocycles. The Bertz CT molecular complexity index is 271. The van der Waals surface area contributed by atoms with E-state index in [1.165, 1.54) is 0 Å². The van der Waals surface area contributed by atoms with Crippen LogP contribution in [0.1, 0.15) is 11.1 Å². The summed E-state index contributed by atoms with van der Waals surface area (Å²) in [5.41, 5.74) is 14.9. The van der Waals surface area contributed by atoms with Gasteiger partial charge in [-0.2, -0.15) is 12.6 Å². The molecule has 0 radical (unpaired) electrons. The Morgan fingerprint density at radius 3 is 2.45 bits per heavy atom. The van der Waals surface area contributed by atoms with E-state index in [2.05, 4.69) is 12.6 Å². The molecule has 60 valence electrons. The molecule has 0 saturated heterocycles. The van der Waals surface area contributed by atoms with E-state index in [0.717, 1.165) is 22.5 Å². The lowest BCUT2D eigenvalue weighted by atomic mass is 10.1. The lowest BCUT2D eigenvalue weighted by molar-refractivity contribution is 1.37. The molecule has 1 aromatic carbocycles. The van der Waals surface area contributed by atoms with Crippen LogP contribution >= 0.6 is 12.6 Å². The van der Waals surface area contributed by atoms with E-state index >= 15 is 0 Å². The van der Waals surface area contributed by atoms with Crippen molar-refractivity contribution in [1.29, 1.82) is 0 Å². The molecular formula is C8H12N2S. The quantitative estimate of drug-likeness (QED) is 0.440. The van der Waals surface area contributed by atoms with Crippen LogP contribution in [-0.4, -0.2) is 0 Å². The van der Waals surface area contributed by atoms with Gasteiger partial charge in [0, 0.05) is 22.7 Å². The first-order valence-electron chi connectivity index (χ1n) is 3.41. The van der Waals surface area contributed by atoms with E-state index in [0.29, 0.717) is 5.75 Å². The van der Waals surface area contributed by atoms with Crippen LogP contribution in [0.5, 0.6) is 0 Å². The van der Waals surface area contributed by atoms with Crippen molar-refractivity contribution in [1.82, 2.24) is 0 Å². The third-order valence-electron chi connectivity index (χ3n) is 1.77. The average Bonchev–Trinajstić information content (AvgIpc) is 1.99. The van der Waals surface area contributed by atoms with Crippen LogP contribution in [-0.2, 0) is 5.75 Å². The highest BCUT2D eigenvalue weighted by atomic mass is 32.1. The van der Waals surface area contributed by atoms with Gasteiger partial charge in [0.1, 0.15) is 0 Å². The van der Waals surface area contributed by atoms with Crippen LogP contribution in [0.15, 0.2) is 12.1 Å². The minimum Gasteiger partial charge on any atom is -0.398 e. The predicted octanol–water partition coefficient (Wildman–Crippen LogP) is 1.59. The molecule has 0 aliphatic rings. The molecule has 0 aromatic heterocycles. The van der Waals surface area contributed by atoms with Crippen LogP contribution in [0, 0.1) is 6.92 Å². The molecule has 11 heavy (non-hydrogen) atoms. The Balaban J connectivity index is 3.29. The molecular weight excluding hydrogens is 156 g/mol. The molecule has 0 bridgehead atoms. The van der Waals surface area contributed by atoms with Gasteiger partial charge in [-0.15, -0.1) is 0 Å². The fourth-order valence-electron chi connectivity index (χ4n) is 0.975. The van der Waals surface area contributed by atoms with E-state index in [9.17, 15) is 0 Å². The van der Waals surface area contributed by atoms with E-state index < -0.39 is 0 Å². The number of thiol groups is 1. The van der Waals surface area contributed by atoms with E-state index in [4.69, 9.17) is 11.5 Å². The van der Waals surface area contributed by atoms with Crippen LogP contribution in [0.25, 0.3) is 0 Å². The summed E-state index contributed by atoms with van der Waals surface area (Å²) in [6.07, 6.45) is 0. The number of nitrogens with two attached hydrogens (primary N) is 2. The Morgan fingerprint density at radius 1 is 1.36 bits per heavy atom. The first-order chi connectivity index (χ1) is 5.16. The van der Waals surface area contributed by atoms with E-state index in [1.54, 1.807) is 0 Å². The number of nitrogen functional groups attached to an aromatic ring is 2. The predicted molar refractivity (Wildman–Crippen MR) is 52.7 cm³/mol. The third kappa shape index (κ3) is 1.43. The van der Waals surface area contributed by atoms with Crippen molar-refractivity contribution in [3.05, 3.63) is 23.3 Å². The molecule has 1 aromatic rings. The number of anilines is 2. The zero-order valence-electron chi connectivity index (χ0n) is 6.46. The first kappa shape index (κ1) is 8.27. The van der Waals surface area contributed by atoms with Crippen molar-refractivity contribution < 1.29 is 0 Å². The zero-order chi connectivity index (χ0) is 8.43. The Kier molecular flexibility index (Phi) is 2.29. The number of rotatable bonds is 1. The van der Waals surface area contributed by atoms with Crippen molar-refractivity contribution in [3.63, 3.8) is 0 Å². The van der Waals surface area contributed by atoms with Gasteiger partial charge < -0.3 is 11.5 Å². The minimum atomic E-state index is 0.597. The van der Waals surface area contributed by atoms with Gasteiger partial charge in [0.15, 0.2) is 0 Å². The maximum Gasteiger partial charge on any atom is 0.0405 e. The summed E-state index contributed by atoms with van der Waals surface area (Å²) in [7, 11) is 0. The Hall–Kier alpha value is -0.830. The maximum absolute atomic E-state index is 5.77. The van der Waals surface area contributed by atoms with Gasteiger partial charge in [-0.05, 0) is 18.6 Å². The summed E-state index contributed by atoms with van der Waals surface area (Å²) in [5.74, 6) is 0.597. The average molecular weight is 168 g/mol. The topological polar surface area (TPSA) is 52.0 Å². The fraction of sp³-hybridized carbons (Fsp3) is 0.250. The van der Waals surface area contributed by atoms with Crippen molar-refractivity contribution in [2.24, 2.45) is 0 Å². The summed E-state index contributed by atoms with van der Waals surface area (Å²) in [4.78, 5) is 0. The van der Waals surface area contributed by atoms with Gasteiger partial charge in [0.2, 0.25) is 0 Å². The lowest BCUT2D eigenvalue weighted by Gasteiger charge is -2.08. The van der Waals surface area contributed by atoms with Crippen LogP contribution in [0.3, 0.4) is 0 Å². The monoisotopic (exact) mass is 168 g/mol. The molecule has 4 N–H and O–H groups in total. The minimum absolute atomic E-state index is 0.597. The number of benzene rings is 1. The molecule has 1 rings (SSSR count). The number of hydrogen-bond acceptors (Lipinski definition) is 3. The SMILES string of the molecule is Cc1ccc(N)c(CS)c1N. The molecule has 0 amide bonds. The van der Waals surface area contributed by atoms with Gasteiger partial charge in [-0.1, -0.05) is 6.07 Å². The van der Waals surface area contributed by atoms with Crippen LogP contribution in [0.2, 0.25) is 0 Å². The molecule has 0 aliphatic carbocycles. The van der Waals surface area contributed by atoms with Gasteiger partial charge in [0.25, 0.3) is 0 Å². The molecule has 0 unspecified atom stereocenters. The smallest absolute Gasteiger partial charge is 0.0405 e. The second-order valence-electron chi connectivity index (χ2n) is 2.52. The number of aryl methyl sites for hydroxylation is 1. The second-order valence-corrected chi connectivity index (χ2v) is 2.84. The van der Waals surface area contributed by atoms with Crippen LogP contribution in [0.4, 0.5) is 11.4 Å². The van der Waals surface area contributed by atoms with Crippen molar-refractivity contribution >= 4 is 24.0 Å². The summed E-state index contributed by atoms with van der Waals surface area (Å²) in [5, 5.41) is 0. The highest BCUT2D eigenvalue weighted by molar-refractivity contribution is 7.79. The van der Waals surface area contributed by atoms with Gasteiger partial charge in [0.05, 0.1) is 0 Å². The Morgan fingerprint density at radius 2 is 2.00 bits per heavy atom. The van der Waals surface area contributed by atoms with Crippen molar-refractivity contribution in [2.45, 2.75) is 12.7 Å². The maximum atomic E-state index is 5.77. The molecule has 3 heteroatoms. The van der Waals surface area contributed by atoms with Crippen molar-refractivity contribution in [3.8, 4) is 0 Å². The lowest BCUT2D eigenvalue weighted by Crippen LogP contribution is -2.00. The van der Waals surface area contributed by atoms with Crippen molar-refractivity contribution in [2.75, 3.05) is 11.5 Å². The Labute approximate surface area is 72.0 Å². The highest BCUT2D eigenvalue weighted by Gasteiger charge is 2.03. The number of hydrogen-bond donors (Lipinski definition) is 3. The standard InChI is InChI=1S/C8H12N2S/c1-5-2-3-7(9)6(4-11)8(5)10/h2-3,11H,4,9-10H2,1H3. The van der Waals surface area contributed by atoms with Gasteiger partial charge in [-0.3, -0.25) is 0 Å². The first-order valence-corrected chi connectivity index (χ1v) is 4.04. The summed E-state index contributed by atoms with van der Waals surface area (Å²) in [6.45, 7) is 1.96. The van der Waals surface area contributed by atoms with E-state index in [1.807, 2.05) is 19.1 Å².